The topological polar surface area (TPSA) is 41.1 Å². The highest BCUT2D eigenvalue weighted by Crippen LogP contribution is 2.26. The van der Waals surface area contributed by atoms with Crippen LogP contribution in [0.2, 0.25) is 5.02 Å². The lowest BCUT2D eigenvalue weighted by Crippen LogP contribution is -2.38. The van der Waals surface area contributed by atoms with Crippen LogP contribution in [0.25, 0.3) is 0 Å². The fourth-order valence-electron chi connectivity index (χ4n) is 3.51. The third kappa shape index (κ3) is 5.68. The molecular weight excluding hydrogens is 399 g/mol. The van der Waals surface area contributed by atoms with E-state index >= 15 is 0 Å². The van der Waals surface area contributed by atoms with Gasteiger partial charge in [0.05, 0.1) is 0 Å². The molecule has 3 aromatic carbocycles. The maximum absolute atomic E-state index is 13.9. The van der Waals surface area contributed by atoms with Gasteiger partial charge in [-0.05, 0) is 60.2 Å². The van der Waals surface area contributed by atoms with Crippen molar-refractivity contribution in [3.63, 3.8) is 0 Å². The largest absolute Gasteiger partial charge is 0.358 e. The quantitative estimate of drug-likeness (QED) is 0.498. The standard InChI is InChI=1S/C25H26ClFN2O/c1-17-16-20(11-14-22(17)27)23(15-10-18-8-12-21(26)13-9-18)29-24(25(30)28-2)19-6-4-3-5-7-19/h3-9,11-14,16,23-24,29H,10,15H2,1-2H3,(H,28,30)/t23-,24+/m0/s1. The van der Waals surface area contributed by atoms with Crippen molar-refractivity contribution < 1.29 is 9.18 Å². The number of hydrogen-bond acceptors (Lipinski definition) is 2. The van der Waals surface area contributed by atoms with Gasteiger partial charge in [0, 0.05) is 18.1 Å². The molecule has 3 nitrogen and oxygen atoms in total. The summed E-state index contributed by atoms with van der Waals surface area (Å²) in [5.74, 6) is -0.349. The van der Waals surface area contributed by atoms with E-state index in [9.17, 15) is 9.18 Å². The monoisotopic (exact) mass is 424 g/mol. The second-order valence-corrected chi connectivity index (χ2v) is 7.79. The molecule has 0 aromatic heterocycles. The van der Waals surface area contributed by atoms with Crippen molar-refractivity contribution in [3.8, 4) is 0 Å². The molecule has 30 heavy (non-hydrogen) atoms. The van der Waals surface area contributed by atoms with Crippen molar-refractivity contribution in [1.29, 1.82) is 0 Å². The number of carbonyl (C=O) groups excluding carboxylic acids is 1. The number of likely N-dealkylation sites (N-methyl/N-ethyl adjacent to an activating group) is 1. The molecule has 3 aromatic rings. The fourth-order valence-corrected chi connectivity index (χ4v) is 3.63. The van der Waals surface area contributed by atoms with Crippen LogP contribution in [-0.4, -0.2) is 13.0 Å². The van der Waals surface area contributed by atoms with Crippen LogP contribution in [0.15, 0.2) is 72.8 Å². The Balaban J connectivity index is 1.89. The number of benzene rings is 3. The highest BCUT2D eigenvalue weighted by molar-refractivity contribution is 6.30. The van der Waals surface area contributed by atoms with Crippen LogP contribution in [0.3, 0.4) is 0 Å². The molecule has 2 atom stereocenters. The van der Waals surface area contributed by atoms with E-state index in [0.717, 1.165) is 29.5 Å². The second-order valence-electron chi connectivity index (χ2n) is 7.35. The van der Waals surface area contributed by atoms with Gasteiger partial charge in [-0.15, -0.1) is 0 Å². The Morgan fingerprint density at radius 1 is 1.00 bits per heavy atom. The molecule has 0 heterocycles. The predicted octanol–water partition coefficient (Wildman–Crippen LogP) is 5.54. The molecule has 0 aliphatic heterocycles. The van der Waals surface area contributed by atoms with Gasteiger partial charge < -0.3 is 5.32 Å². The zero-order valence-electron chi connectivity index (χ0n) is 17.2. The summed E-state index contributed by atoms with van der Waals surface area (Å²) < 4.78 is 13.9. The molecule has 0 saturated heterocycles. The number of aryl methyl sites for hydroxylation is 2. The minimum absolute atomic E-state index is 0.114. The first-order valence-electron chi connectivity index (χ1n) is 10.0. The summed E-state index contributed by atoms with van der Waals surface area (Å²) in [5.41, 5.74) is 3.57. The van der Waals surface area contributed by atoms with E-state index in [1.165, 1.54) is 6.07 Å². The molecule has 0 radical (unpaired) electrons. The Hall–Kier alpha value is -2.69. The molecule has 0 fully saturated rings. The number of hydrogen-bond donors (Lipinski definition) is 2. The van der Waals surface area contributed by atoms with Gasteiger partial charge in [0.15, 0.2) is 0 Å². The van der Waals surface area contributed by atoms with Gasteiger partial charge in [0.2, 0.25) is 5.91 Å². The average Bonchev–Trinajstić information content (AvgIpc) is 2.77. The minimum atomic E-state index is -0.517. The fraction of sp³-hybridized carbons (Fsp3) is 0.240. The molecule has 0 spiro atoms. The van der Waals surface area contributed by atoms with Gasteiger partial charge in [-0.25, -0.2) is 4.39 Å². The molecule has 0 aliphatic rings. The Labute approximate surface area is 182 Å². The maximum Gasteiger partial charge on any atom is 0.241 e. The second kappa shape index (κ2) is 10.4. The van der Waals surface area contributed by atoms with Gasteiger partial charge in [-0.2, -0.15) is 0 Å². The van der Waals surface area contributed by atoms with Gasteiger partial charge in [-0.1, -0.05) is 66.2 Å². The van der Waals surface area contributed by atoms with Crippen LogP contribution < -0.4 is 10.6 Å². The third-order valence-electron chi connectivity index (χ3n) is 5.23. The van der Waals surface area contributed by atoms with Crippen molar-refractivity contribution in [2.24, 2.45) is 0 Å². The summed E-state index contributed by atoms with van der Waals surface area (Å²) >= 11 is 6.00. The first-order chi connectivity index (χ1) is 14.5. The first kappa shape index (κ1) is 22.0. The lowest BCUT2D eigenvalue weighted by Gasteiger charge is -2.26. The van der Waals surface area contributed by atoms with E-state index in [0.29, 0.717) is 10.6 Å². The van der Waals surface area contributed by atoms with E-state index in [-0.39, 0.29) is 17.8 Å². The van der Waals surface area contributed by atoms with Crippen LogP contribution in [0.5, 0.6) is 0 Å². The lowest BCUT2D eigenvalue weighted by molar-refractivity contribution is -0.123. The van der Waals surface area contributed by atoms with Crippen LogP contribution >= 0.6 is 11.6 Å². The Kier molecular flexibility index (Phi) is 7.61. The highest BCUT2D eigenvalue weighted by atomic mass is 35.5. The average molecular weight is 425 g/mol. The van der Waals surface area contributed by atoms with Crippen molar-refractivity contribution in [3.05, 3.63) is 106 Å². The summed E-state index contributed by atoms with van der Waals surface area (Å²) in [7, 11) is 1.63. The van der Waals surface area contributed by atoms with Gasteiger partial charge >= 0.3 is 0 Å². The summed E-state index contributed by atoms with van der Waals surface area (Å²) in [5, 5.41) is 6.95. The van der Waals surface area contributed by atoms with Crippen molar-refractivity contribution in [1.82, 2.24) is 10.6 Å². The van der Waals surface area contributed by atoms with Gasteiger partial charge in [-0.3, -0.25) is 10.1 Å². The van der Waals surface area contributed by atoms with Crippen LogP contribution in [0.4, 0.5) is 4.39 Å². The number of halogens is 2. The number of carbonyl (C=O) groups is 1. The maximum atomic E-state index is 13.9. The molecule has 3 rings (SSSR count). The predicted molar refractivity (Wildman–Crippen MR) is 120 cm³/mol. The molecular formula is C25H26ClFN2O. The first-order valence-corrected chi connectivity index (χ1v) is 10.4. The van der Waals surface area contributed by atoms with Gasteiger partial charge in [0.25, 0.3) is 0 Å². The van der Waals surface area contributed by atoms with Crippen molar-refractivity contribution in [2.75, 3.05) is 7.05 Å². The van der Waals surface area contributed by atoms with Crippen molar-refractivity contribution in [2.45, 2.75) is 31.8 Å². The van der Waals surface area contributed by atoms with Crippen LogP contribution in [0.1, 0.15) is 40.8 Å². The lowest BCUT2D eigenvalue weighted by atomic mass is 9.95. The SMILES string of the molecule is CNC(=O)[C@H](N[C@@H](CCc1ccc(Cl)cc1)c1ccc(F)c(C)c1)c1ccccc1. The number of nitrogens with one attached hydrogen (secondary N) is 2. The molecule has 0 aliphatic carbocycles. The summed E-state index contributed by atoms with van der Waals surface area (Å²) in [6.45, 7) is 1.75. The van der Waals surface area contributed by atoms with E-state index in [4.69, 9.17) is 11.6 Å². The van der Waals surface area contributed by atoms with Crippen LogP contribution in [-0.2, 0) is 11.2 Å². The van der Waals surface area contributed by atoms with E-state index in [1.807, 2.05) is 60.7 Å². The molecule has 0 bridgehead atoms. The molecule has 0 unspecified atom stereocenters. The van der Waals surface area contributed by atoms with E-state index < -0.39 is 6.04 Å². The summed E-state index contributed by atoms with van der Waals surface area (Å²) in [6, 6.07) is 21.8. The van der Waals surface area contributed by atoms with E-state index in [1.54, 1.807) is 20.0 Å². The van der Waals surface area contributed by atoms with E-state index in [2.05, 4.69) is 10.6 Å². The molecule has 2 N–H and O–H groups in total. The smallest absolute Gasteiger partial charge is 0.241 e. The number of amides is 1. The van der Waals surface area contributed by atoms with Crippen LogP contribution in [0, 0.1) is 12.7 Å². The summed E-state index contributed by atoms with van der Waals surface area (Å²) in [4.78, 5) is 12.7. The highest BCUT2D eigenvalue weighted by Gasteiger charge is 2.24. The molecule has 0 saturated carbocycles. The molecule has 156 valence electrons. The molecule has 1 amide bonds. The Morgan fingerprint density at radius 2 is 1.70 bits per heavy atom. The zero-order chi connectivity index (χ0) is 21.5. The minimum Gasteiger partial charge on any atom is -0.358 e. The summed E-state index contributed by atoms with van der Waals surface area (Å²) in [6.07, 6.45) is 1.54. The van der Waals surface area contributed by atoms with Crippen molar-refractivity contribution >= 4 is 17.5 Å². The van der Waals surface area contributed by atoms with Gasteiger partial charge in [0.1, 0.15) is 11.9 Å². The number of rotatable bonds is 8. The Morgan fingerprint density at radius 3 is 2.33 bits per heavy atom. The third-order valence-corrected chi connectivity index (χ3v) is 5.48. The molecule has 5 heteroatoms. The Bertz CT molecular complexity index is 976. The normalized spacial score (nSPS) is 12.9. The zero-order valence-corrected chi connectivity index (χ0v) is 17.9.